The van der Waals surface area contributed by atoms with Crippen molar-refractivity contribution in [2.45, 2.75) is 38.5 Å². The van der Waals surface area contributed by atoms with Crippen molar-refractivity contribution < 1.29 is 4.74 Å². The molecule has 0 saturated heterocycles. The number of hydrogen-bond acceptors (Lipinski definition) is 5. The van der Waals surface area contributed by atoms with E-state index in [1.54, 1.807) is 0 Å². The second kappa shape index (κ2) is 4.98. The van der Waals surface area contributed by atoms with E-state index in [2.05, 4.69) is 41.8 Å². The number of nitrogens with two attached hydrogens (primary N) is 1. The minimum atomic E-state index is -0.156. The molecule has 0 bridgehead atoms. The Morgan fingerprint density at radius 1 is 1.14 bits per heavy atom. The van der Waals surface area contributed by atoms with Gasteiger partial charge in [-0.25, -0.2) is 4.98 Å². The van der Waals surface area contributed by atoms with E-state index in [1.165, 1.54) is 0 Å². The molecule has 2 heterocycles. The first-order valence-corrected chi connectivity index (χ1v) is 7.19. The topological polar surface area (TPSA) is 73.9 Å². The van der Waals surface area contributed by atoms with Crippen LogP contribution in [0.2, 0.25) is 0 Å². The Bertz CT molecular complexity index is 664. The highest BCUT2D eigenvalue weighted by molar-refractivity contribution is 5.41. The molecular formula is C16H20N4O. The molecule has 0 amide bonds. The molecule has 110 valence electrons. The Balaban J connectivity index is 2.08. The average Bonchev–Trinajstić information content (AvgIpc) is 2.45. The standard InChI is InChI=1S/C16H20N4O/c1-16(2,3)14-18-13(19-15(17)20-14)11-8-9-21-12-7-5-4-6-10(11)12/h4-7,11H,8-9H2,1-3H3,(H2,17,18,19,20). The number of anilines is 1. The van der Waals surface area contributed by atoms with Crippen molar-refractivity contribution in [2.75, 3.05) is 12.3 Å². The van der Waals surface area contributed by atoms with E-state index in [1.807, 2.05) is 18.2 Å². The van der Waals surface area contributed by atoms with Crippen molar-refractivity contribution in [1.82, 2.24) is 15.0 Å². The summed E-state index contributed by atoms with van der Waals surface area (Å²) in [7, 11) is 0. The van der Waals surface area contributed by atoms with Gasteiger partial charge in [-0.2, -0.15) is 9.97 Å². The molecule has 3 rings (SSSR count). The maximum absolute atomic E-state index is 5.89. The van der Waals surface area contributed by atoms with Gasteiger partial charge in [0.25, 0.3) is 0 Å². The van der Waals surface area contributed by atoms with Gasteiger partial charge in [-0.1, -0.05) is 39.0 Å². The number of hydrogen-bond donors (Lipinski definition) is 1. The molecule has 1 aromatic heterocycles. The smallest absolute Gasteiger partial charge is 0.223 e. The van der Waals surface area contributed by atoms with Crippen LogP contribution < -0.4 is 10.5 Å². The van der Waals surface area contributed by atoms with Crippen molar-refractivity contribution in [3.63, 3.8) is 0 Å². The third-order valence-electron chi connectivity index (χ3n) is 3.61. The summed E-state index contributed by atoms with van der Waals surface area (Å²) in [5, 5.41) is 0. The first kappa shape index (κ1) is 13.8. The number of ether oxygens (including phenoxy) is 1. The minimum absolute atomic E-state index is 0.112. The van der Waals surface area contributed by atoms with Crippen LogP contribution in [0.15, 0.2) is 24.3 Å². The number of fused-ring (bicyclic) bond motifs is 1. The molecule has 2 N–H and O–H groups in total. The van der Waals surface area contributed by atoms with E-state index >= 15 is 0 Å². The SMILES string of the molecule is CC(C)(C)c1nc(N)nc(C2CCOc3ccccc32)n1. The van der Waals surface area contributed by atoms with Gasteiger partial charge in [-0.3, -0.25) is 0 Å². The molecule has 0 spiro atoms. The minimum Gasteiger partial charge on any atom is -0.493 e. The summed E-state index contributed by atoms with van der Waals surface area (Å²) in [6.07, 6.45) is 0.851. The average molecular weight is 284 g/mol. The molecule has 5 heteroatoms. The molecule has 1 aliphatic rings. The molecule has 0 saturated carbocycles. The predicted molar refractivity (Wildman–Crippen MR) is 81.3 cm³/mol. The fourth-order valence-electron chi connectivity index (χ4n) is 2.51. The molecule has 0 radical (unpaired) electrons. The van der Waals surface area contributed by atoms with Crippen LogP contribution in [-0.4, -0.2) is 21.6 Å². The van der Waals surface area contributed by atoms with Gasteiger partial charge in [-0.15, -0.1) is 0 Å². The molecule has 5 nitrogen and oxygen atoms in total. The molecule has 1 aromatic carbocycles. The second-order valence-corrected chi connectivity index (χ2v) is 6.35. The Labute approximate surface area is 124 Å². The Morgan fingerprint density at radius 2 is 1.90 bits per heavy atom. The lowest BCUT2D eigenvalue weighted by Gasteiger charge is -2.26. The van der Waals surface area contributed by atoms with Crippen LogP contribution in [0, 0.1) is 0 Å². The van der Waals surface area contributed by atoms with Crippen LogP contribution in [-0.2, 0) is 5.41 Å². The Hall–Kier alpha value is -2.17. The molecule has 0 aliphatic carbocycles. The molecular weight excluding hydrogens is 264 g/mol. The van der Waals surface area contributed by atoms with Crippen LogP contribution in [0.5, 0.6) is 5.75 Å². The van der Waals surface area contributed by atoms with Crippen LogP contribution in [0.4, 0.5) is 5.95 Å². The maximum atomic E-state index is 5.89. The zero-order valence-electron chi connectivity index (χ0n) is 12.6. The number of nitrogens with zero attached hydrogens (tertiary/aromatic N) is 3. The second-order valence-electron chi connectivity index (χ2n) is 6.35. The van der Waals surface area contributed by atoms with Gasteiger partial charge >= 0.3 is 0 Å². The first-order valence-electron chi connectivity index (χ1n) is 7.19. The van der Waals surface area contributed by atoms with E-state index in [4.69, 9.17) is 10.5 Å². The number of para-hydroxylation sites is 1. The van der Waals surface area contributed by atoms with Crippen LogP contribution in [0.1, 0.15) is 50.3 Å². The molecule has 1 aliphatic heterocycles. The normalized spacial score (nSPS) is 18.0. The number of nitrogen functional groups attached to an aromatic ring is 1. The highest BCUT2D eigenvalue weighted by Crippen LogP contribution is 2.37. The van der Waals surface area contributed by atoms with E-state index in [-0.39, 0.29) is 17.3 Å². The van der Waals surface area contributed by atoms with Gasteiger partial charge in [0.1, 0.15) is 17.4 Å². The molecule has 0 fully saturated rings. The highest BCUT2D eigenvalue weighted by Gasteiger charge is 2.27. The lowest BCUT2D eigenvalue weighted by molar-refractivity contribution is 0.274. The Kier molecular flexibility index (Phi) is 3.27. The van der Waals surface area contributed by atoms with Crippen LogP contribution in [0.3, 0.4) is 0 Å². The van der Waals surface area contributed by atoms with E-state index in [0.717, 1.165) is 29.4 Å². The first-order chi connectivity index (χ1) is 9.95. The summed E-state index contributed by atoms with van der Waals surface area (Å²) in [6.45, 7) is 6.88. The fourth-order valence-corrected chi connectivity index (χ4v) is 2.51. The molecule has 1 unspecified atom stereocenters. The summed E-state index contributed by atoms with van der Waals surface area (Å²) < 4.78 is 5.70. The van der Waals surface area contributed by atoms with E-state index in [9.17, 15) is 0 Å². The van der Waals surface area contributed by atoms with Crippen molar-refractivity contribution in [3.8, 4) is 5.75 Å². The summed E-state index contributed by atoms with van der Waals surface area (Å²) in [5.74, 6) is 2.78. The van der Waals surface area contributed by atoms with E-state index in [0.29, 0.717) is 6.61 Å². The summed E-state index contributed by atoms with van der Waals surface area (Å²) in [5.41, 5.74) is 6.85. The lowest BCUT2D eigenvalue weighted by Crippen LogP contribution is -2.23. The summed E-state index contributed by atoms with van der Waals surface area (Å²) in [4.78, 5) is 13.3. The number of benzene rings is 1. The zero-order valence-corrected chi connectivity index (χ0v) is 12.6. The summed E-state index contributed by atoms with van der Waals surface area (Å²) >= 11 is 0. The fraction of sp³-hybridized carbons (Fsp3) is 0.438. The van der Waals surface area contributed by atoms with Crippen molar-refractivity contribution in [2.24, 2.45) is 0 Å². The molecule has 1 atom stereocenters. The number of aromatic nitrogens is 3. The number of rotatable bonds is 1. The van der Waals surface area contributed by atoms with E-state index < -0.39 is 0 Å². The van der Waals surface area contributed by atoms with Gasteiger partial charge in [-0.05, 0) is 12.5 Å². The zero-order chi connectivity index (χ0) is 15.0. The third kappa shape index (κ3) is 2.68. The van der Waals surface area contributed by atoms with Crippen LogP contribution in [0.25, 0.3) is 0 Å². The summed E-state index contributed by atoms with van der Waals surface area (Å²) in [6, 6.07) is 8.03. The monoisotopic (exact) mass is 284 g/mol. The van der Waals surface area contributed by atoms with Gasteiger partial charge < -0.3 is 10.5 Å². The highest BCUT2D eigenvalue weighted by atomic mass is 16.5. The van der Waals surface area contributed by atoms with Crippen molar-refractivity contribution in [1.29, 1.82) is 0 Å². The van der Waals surface area contributed by atoms with Crippen molar-refractivity contribution >= 4 is 5.95 Å². The van der Waals surface area contributed by atoms with Gasteiger partial charge in [0.05, 0.1) is 12.5 Å². The van der Waals surface area contributed by atoms with Crippen LogP contribution >= 0.6 is 0 Å². The maximum Gasteiger partial charge on any atom is 0.223 e. The van der Waals surface area contributed by atoms with Crippen molar-refractivity contribution in [3.05, 3.63) is 41.5 Å². The largest absolute Gasteiger partial charge is 0.493 e. The molecule has 21 heavy (non-hydrogen) atoms. The quantitative estimate of drug-likeness (QED) is 0.871. The van der Waals surface area contributed by atoms with Gasteiger partial charge in [0, 0.05) is 11.0 Å². The predicted octanol–water partition coefficient (Wildman–Crippen LogP) is 2.67. The lowest BCUT2D eigenvalue weighted by atomic mass is 9.91. The molecule has 2 aromatic rings. The van der Waals surface area contributed by atoms with Gasteiger partial charge in [0.15, 0.2) is 0 Å². The third-order valence-corrected chi connectivity index (χ3v) is 3.61. The van der Waals surface area contributed by atoms with Gasteiger partial charge in [0.2, 0.25) is 5.95 Å². The Morgan fingerprint density at radius 3 is 2.67 bits per heavy atom.